The van der Waals surface area contributed by atoms with E-state index in [1.54, 1.807) is 6.08 Å². The Morgan fingerprint density at radius 3 is 2.93 bits per heavy atom. The van der Waals surface area contributed by atoms with Crippen LogP contribution in [-0.4, -0.2) is 36.5 Å². The molecule has 0 heterocycles. The first kappa shape index (κ1) is 11.7. The number of hydrogen-bond donors (Lipinski definition) is 1. The van der Waals surface area contributed by atoms with Gasteiger partial charge in [-0.05, 0) is 12.8 Å². The summed E-state index contributed by atoms with van der Waals surface area (Å²) in [5.74, 6) is 0.0922. The van der Waals surface area contributed by atoms with E-state index < -0.39 is 0 Å². The third-order valence-corrected chi connectivity index (χ3v) is 2.34. The van der Waals surface area contributed by atoms with Gasteiger partial charge in [0, 0.05) is 19.1 Å². The third-order valence-electron chi connectivity index (χ3n) is 2.34. The number of hydrogen-bond acceptors (Lipinski definition) is 3. The van der Waals surface area contributed by atoms with Crippen molar-refractivity contribution in [3.8, 4) is 6.07 Å². The van der Waals surface area contributed by atoms with Crippen LogP contribution in [0.2, 0.25) is 0 Å². The number of carbonyl (C=O) groups excluding carboxylic acids is 1. The van der Waals surface area contributed by atoms with Crippen molar-refractivity contribution in [3.63, 3.8) is 0 Å². The van der Waals surface area contributed by atoms with E-state index in [0.29, 0.717) is 32.1 Å². The lowest BCUT2D eigenvalue weighted by atomic mass is 10.3. The Labute approximate surface area is 90.6 Å². The van der Waals surface area contributed by atoms with Crippen molar-refractivity contribution in [3.05, 3.63) is 12.7 Å². The molecule has 0 bridgehead atoms. The number of nitrogens with one attached hydrogen (secondary N) is 1. The van der Waals surface area contributed by atoms with Gasteiger partial charge in [0.2, 0.25) is 5.91 Å². The van der Waals surface area contributed by atoms with Crippen LogP contribution in [0.25, 0.3) is 0 Å². The summed E-state index contributed by atoms with van der Waals surface area (Å²) >= 11 is 0. The topological polar surface area (TPSA) is 56.1 Å². The first-order valence-electron chi connectivity index (χ1n) is 5.27. The van der Waals surface area contributed by atoms with Gasteiger partial charge in [-0.2, -0.15) is 5.26 Å². The fourth-order valence-corrected chi connectivity index (χ4v) is 1.45. The predicted octanol–water partition coefficient (Wildman–Crippen LogP) is 0.667. The molecule has 0 aromatic heterocycles. The van der Waals surface area contributed by atoms with Crippen molar-refractivity contribution in [2.24, 2.45) is 0 Å². The van der Waals surface area contributed by atoms with Crippen molar-refractivity contribution in [2.75, 3.05) is 19.6 Å². The molecule has 4 nitrogen and oxygen atoms in total. The SMILES string of the molecule is C=CCNCC(=O)N(CCC#N)C1CC1. The van der Waals surface area contributed by atoms with Gasteiger partial charge in [-0.1, -0.05) is 6.08 Å². The van der Waals surface area contributed by atoms with Gasteiger partial charge in [0.1, 0.15) is 0 Å². The maximum atomic E-state index is 11.7. The maximum Gasteiger partial charge on any atom is 0.236 e. The monoisotopic (exact) mass is 207 g/mol. The Balaban J connectivity index is 2.30. The van der Waals surface area contributed by atoms with E-state index in [1.165, 1.54) is 0 Å². The summed E-state index contributed by atoms with van der Waals surface area (Å²) in [4.78, 5) is 13.5. The van der Waals surface area contributed by atoms with Gasteiger partial charge < -0.3 is 10.2 Å². The molecule has 0 aromatic rings. The number of nitriles is 1. The fraction of sp³-hybridized carbons (Fsp3) is 0.636. The van der Waals surface area contributed by atoms with Crippen LogP contribution in [0.1, 0.15) is 19.3 Å². The van der Waals surface area contributed by atoms with Crippen LogP contribution in [0.15, 0.2) is 12.7 Å². The van der Waals surface area contributed by atoms with Crippen molar-refractivity contribution in [2.45, 2.75) is 25.3 Å². The smallest absolute Gasteiger partial charge is 0.236 e. The van der Waals surface area contributed by atoms with E-state index in [-0.39, 0.29) is 5.91 Å². The van der Waals surface area contributed by atoms with E-state index >= 15 is 0 Å². The highest BCUT2D eigenvalue weighted by Gasteiger charge is 2.31. The van der Waals surface area contributed by atoms with Crippen molar-refractivity contribution >= 4 is 5.91 Å². The quantitative estimate of drug-likeness (QED) is 0.493. The molecule has 0 spiro atoms. The molecular formula is C11H17N3O. The van der Waals surface area contributed by atoms with Crippen molar-refractivity contribution < 1.29 is 4.79 Å². The van der Waals surface area contributed by atoms with Crippen LogP contribution in [-0.2, 0) is 4.79 Å². The normalized spacial score (nSPS) is 14.3. The van der Waals surface area contributed by atoms with Gasteiger partial charge in [0.25, 0.3) is 0 Å². The Kier molecular flexibility index (Phi) is 4.85. The molecule has 0 atom stereocenters. The van der Waals surface area contributed by atoms with E-state index in [1.807, 2.05) is 4.90 Å². The van der Waals surface area contributed by atoms with Gasteiger partial charge in [0.15, 0.2) is 0 Å². The van der Waals surface area contributed by atoms with Gasteiger partial charge >= 0.3 is 0 Å². The van der Waals surface area contributed by atoms with Crippen LogP contribution < -0.4 is 5.32 Å². The lowest BCUT2D eigenvalue weighted by molar-refractivity contribution is -0.130. The molecule has 4 heteroatoms. The fourth-order valence-electron chi connectivity index (χ4n) is 1.45. The van der Waals surface area contributed by atoms with E-state index in [0.717, 1.165) is 12.8 Å². The second-order valence-electron chi connectivity index (χ2n) is 3.65. The van der Waals surface area contributed by atoms with Crippen molar-refractivity contribution in [1.29, 1.82) is 5.26 Å². The molecule has 0 saturated heterocycles. The Morgan fingerprint density at radius 2 is 2.40 bits per heavy atom. The highest BCUT2D eigenvalue weighted by Crippen LogP contribution is 2.26. The summed E-state index contributed by atoms with van der Waals surface area (Å²) in [7, 11) is 0. The standard InChI is InChI=1S/C11H17N3O/c1-2-7-13-9-11(15)14(8-3-6-12)10-4-5-10/h2,10,13H,1,3-5,7-9H2. The summed E-state index contributed by atoms with van der Waals surface area (Å²) in [5, 5.41) is 11.5. The zero-order valence-electron chi connectivity index (χ0n) is 8.91. The largest absolute Gasteiger partial charge is 0.338 e. The average molecular weight is 207 g/mol. The van der Waals surface area contributed by atoms with E-state index in [4.69, 9.17) is 5.26 Å². The van der Waals surface area contributed by atoms with Gasteiger partial charge in [-0.25, -0.2) is 0 Å². The summed E-state index contributed by atoms with van der Waals surface area (Å²) in [6, 6.07) is 2.46. The molecule has 0 radical (unpaired) electrons. The lowest BCUT2D eigenvalue weighted by Crippen LogP contribution is -2.40. The Morgan fingerprint density at radius 1 is 1.67 bits per heavy atom. The van der Waals surface area contributed by atoms with Gasteiger partial charge in [-0.3, -0.25) is 4.79 Å². The second kappa shape index (κ2) is 6.20. The van der Waals surface area contributed by atoms with Crippen LogP contribution in [0.5, 0.6) is 0 Å². The summed E-state index contributed by atoms with van der Waals surface area (Å²) < 4.78 is 0. The minimum Gasteiger partial charge on any atom is -0.338 e. The Bertz CT molecular complexity index is 265. The molecule has 1 aliphatic rings. The lowest BCUT2D eigenvalue weighted by Gasteiger charge is -2.21. The highest BCUT2D eigenvalue weighted by molar-refractivity contribution is 5.79. The van der Waals surface area contributed by atoms with Crippen LogP contribution in [0.4, 0.5) is 0 Å². The maximum absolute atomic E-state index is 11.7. The van der Waals surface area contributed by atoms with Crippen LogP contribution >= 0.6 is 0 Å². The predicted molar refractivity (Wildman–Crippen MR) is 58.0 cm³/mol. The molecule has 1 aliphatic carbocycles. The zero-order valence-corrected chi connectivity index (χ0v) is 8.91. The number of nitrogens with zero attached hydrogens (tertiary/aromatic N) is 2. The van der Waals surface area contributed by atoms with Crippen molar-refractivity contribution in [1.82, 2.24) is 10.2 Å². The zero-order chi connectivity index (χ0) is 11.1. The number of rotatable bonds is 7. The molecule has 1 N–H and O–H groups in total. The van der Waals surface area contributed by atoms with Crippen LogP contribution in [0, 0.1) is 11.3 Å². The molecule has 1 saturated carbocycles. The molecular weight excluding hydrogens is 190 g/mol. The molecule has 15 heavy (non-hydrogen) atoms. The molecule has 0 aliphatic heterocycles. The molecule has 0 aromatic carbocycles. The summed E-state index contributed by atoms with van der Waals surface area (Å²) in [6.45, 7) is 5.12. The number of amides is 1. The first-order chi connectivity index (χ1) is 7.29. The average Bonchev–Trinajstić information content (AvgIpc) is 3.03. The molecule has 1 fully saturated rings. The summed E-state index contributed by atoms with van der Waals surface area (Å²) in [6.07, 6.45) is 4.31. The second-order valence-corrected chi connectivity index (χ2v) is 3.65. The molecule has 1 rings (SSSR count). The minimum absolute atomic E-state index is 0.0922. The molecule has 1 amide bonds. The molecule has 0 unspecified atom stereocenters. The van der Waals surface area contributed by atoms with Gasteiger partial charge in [0.05, 0.1) is 19.0 Å². The van der Waals surface area contributed by atoms with E-state index in [9.17, 15) is 4.79 Å². The van der Waals surface area contributed by atoms with Crippen LogP contribution in [0.3, 0.4) is 0 Å². The van der Waals surface area contributed by atoms with Gasteiger partial charge in [-0.15, -0.1) is 6.58 Å². The number of carbonyl (C=O) groups is 1. The summed E-state index contributed by atoms with van der Waals surface area (Å²) in [5.41, 5.74) is 0. The highest BCUT2D eigenvalue weighted by atomic mass is 16.2. The third kappa shape index (κ3) is 4.13. The Hall–Kier alpha value is -1.34. The first-order valence-corrected chi connectivity index (χ1v) is 5.27. The minimum atomic E-state index is 0.0922. The van der Waals surface area contributed by atoms with E-state index in [2.05, 4.69) is 18.0 Å². The molecule has 82 valence electrons.